The minimum atomic E-state index is 1.01. The molecule has 0 unspecified atom stereocenters. The van der Waals surface area contributed by atoms with Crippen LogP contribution >= 0.6 is 11.3 Å². The van der Waals surface area contributed by atoms with E-state index in [0.717, 1.165) is 11.2 Å². The van der Waals surface area contributed by atoms with Crippen LogP contribution in [0.15, 0.2) is 72.9 Å². The minimum Gasteiger partial charge on any atom is -0.290 e. The van der Waals surface area contributed by atoms with E-state index in [2.05, 4.69) is 71.3 Å². The summed E-state index contributed by atoms with van der Waals surface area (Å²) in [5, 5.41) is 1.24. The van der Waals surface area contributed by atoms with Crippen molar-refractivity contribution in [2.24, 2.45) is 0 Å². The van der Waals surface area contributed by atoms with Gasteiger partial charge in [-0.05, 0) is 29.3 Å². The molecular formula is C19H12N2S. The number of thiophene rings is 1. The molecule has 3 heterocycles. The maximum Gasteiger partial charge on any atom is 0.138 e. The van der Waals surface area contributed by atoms with Crippen LogP contribution in [0.25, 0.3) is 37.2 Å². The predicted octanol–water partition coefficient (Wildman–Crippen LogP) is 5.37. The van der Waals surface area contributed by atoms with Crippen molar-refractivity contribution in [1.82, 2.24) is 9.38 Å². The lowest BCUT2D eigenvalue weighted by Crippen LogP contribution is -1.85. The van der Waals surface area contributed by atoms with Crippen molar-refractivity contribution in [3.8, 4) is 11.1 Å². The highest BCUT2D eigenvalue weighted by atomic mass is 32.1. The number of hydrogen-bond acceptors (Lipinski definition) is 2. The zero-order valence-electron chi connectivity index (χ0n) is 11.7. The van der Waals surface area contributed by atoms with E-state index < -0.39 is 0 Å². The number of hydrogen-bond donors (Lipinski definition) is 0. The second-order valence-electron chi connectivity index (χ2n) is 5.38. The van der Waals surface area contributed by atoms with Crippen molar-refractivity contribution in [3.63, 3.8) is 0 Å². The Kier molecular flexibility index (Phi) is 2.40. The van der Waals surface area contributed by atoms with Crippen molar-refractivity contribution < 1.29 is 0 Å². The molecule has 0 atom stereocenters. The van der Waals surface area contributed by atoms with E-state index in [1.54, 1.807) is 11.3 Å². The summed E-state index contributed by atoms with van der Waals surface area (Å²) in [6, 6.07) is 23.2. The van der Waals surface area contributed by atoms with Gasteiger partial charge < -0.3 is 0 Å². The number of nitrogens with zero attached hydrogens (tertiary/aromatic N) is 2. The van der Waals surface area contributed by atoms with E-state index in [0.29, 0.717) is 0 Å². The summed E-state index contributed by atoms with van der Waals surface area (Å²) in [6.45, 7) is 0. The number of pyridine rings is 1. The van der Waals surface area contributed by atoms with E-state index in [1.807, 2.05) is 6.07 Å². The van der Waals surface area contributed by atoms with Gasteiger partial charge >= 0.3 is 0 Å². The lowest BCUT2D eigenvalue weighted by Gasteiger charge is -2.02. The molecule has 0 spiro atoms. The summed E-state index contributed by atoms with van der Waals surface area (Å²) in [6.07, 6.45) is 2.19. The third kappa shape index (κ3) is 1.63. The first-order valence-electron chi connectivity index (χ1n) is 7.25. The van der Waals surface area contributed by atoms with Crippen LogP contribution in [0.2, 0.25) is 0 Å². The molecule has 5 rings (SSSR count). The summed E-state index contributed by atoms with van der Waals surface area (Å²) >= 11 is 1.80. The number of fused-ring (bicyclic) bond motifs is 5. The van der Waals surface area contributed by atoms with E-state index in [-0.39, 0.29) is 0 Å². The molecule has 3 aromatic heterocycles. The van der Waals surface area contributed by atoms with E-state index in [4.69, 9.17) is 4.98 Å². The molecule has 0 amide bonds. The van der Waals surface area contributed by atoms with Crippen LogP contribution in [0.3, 0.4) is 0 Å². The fourth-order valence-electron chi connectivity index (χ4n) is 2.95. The van der Waals surface area contributed by atoms with Gasteiger partial charge in [-0.1, -0.05) is 48.5 Å². The highest BCUT2D eigenvalue weighted by Crippen LogP contribution is 2.34. The maximum absolute atomic E-state index is 4.81. The van der Waals surface area contributed by atoms with Gasteiger partial charge in [0.2, 0.25) is 0 Å². The van der Waals surface area contributed by atoms with Crippen molar-refractivity contribution >= 4 is 37.4 Å². The molecule has 2 nitrogen and oxygen atoms in total. The largest absolute Gasteiger partial charge is 0.290 e. The summed E-state index contributed by atoms with van der Waals surface area (Å²) in [7, 11) is 0. The molecule has 0 bridgehead atoms. The monoisotopic (exact) mass is 300 g/mol. The van der Waals surface area contributed by atoms with Crippen LogP contribution in [0.1, 0.15) is 0 Å². The Bertz CT molecular complexity index is 1120. The average molecular weight is 300 g/mol. The lowest BCUT2D eigenvalue weighted by molar-refractivity contribution is 1.24. The van der Waals surface area contributed by atoms with Crippen molar-refractivity contribution in [2.75, 3.05) is 0 Å². The van der Waals surface area contributed by atoms with Crippen molar-refractivity contribution in [3.05, 3.63) is 72.9 Å². The molecule has 0 aliphatic rings. The van der Waals surface area contributed by atoms with Gasteiger partial charge in [0.05, 0.1) is 0 Å². The Labute approximate surface area is 131 Å². The zero-order valence-corrected chi connectivity index (χ0v) is 12.5. The summed E-state index contributed by atoms with van der Waals surface area (Å²) in [5.41, 5.74) is 4.55. The van der Waals surface area contributed by atoms with Gasteiger partial charge in [-0.3, -0.25) is 4.40 Å². The first-order valence-corrected chi connectivity index (χ1v) is 8.06. The van der Waals surface area contributed by atoms with Gasteiger partial charge in [0.15, 0.2) is 0 Å². The lowest BCUT2D eigenvalue weighted by atomic mass is 10.1. The fourth-order valence-corrected chi connectivity index (χ4v) is 4.08. The second-order valence-corrected chi connectivity index (χ2v) is 6.41. The summed E-state index contributed by atoms with van der Waals surface area (Å²) in [4.78, 5) is 6.03. The zero-order chi connectivity index (χ0) is 14.5. The van der Waals surface area contributed by atoms with Crippen molar-refractivity contribution in [1.29, 1.82) is 0 Å². The summed E-state index contributed by atoms with van der Waals surface area (Å²) in [5.74, 6) is 0. The smallest absolute Gasteiger partial charge is 0.138 e. The Balaban J connectivity index is 1.85. The molecule has 0 aliphatic heterocycles. The van der Waals surface area contributed by atoms with Crippen LogP contribution in [0.5, 0.6) is 0 Å². The Morgan fingerprint density at radius 3 is 2.50 bits per heavy atom. The third-order valence-electron chi connectivity index (χ3n) is 4.03. The topological polar surface area (TPSA) is 17.3 Å². The Hall–Kier alpha value is -2.65. The van der Waals surface area contributed by atoms with E-state index >= 15 is 0 Å². The molecule has 0 saturated heterocycles. The number of aromatic nitrogens is 2. The van der Waals surface area contributed by atoms with E-state index in [9.17, 15) is 0 Å². The highest BCUT2D eigenvalue weighted by Gasteiger charge is 2.12. The predicted molar refractivity (Wildman–Crippen MR) is 93.5 cm³/mol. The quantitative estimate of drug-likeness (QED) is 0.407. The van der Waals surface area contributed by atoms with Crippen LogP contribution in [-0.2, 0) is 0 Å². The van der Waals surface area contributed by atoms with Crippen LogP contribution < -0.4 is 0 Å². The molecule has 2 aromatic carbocycles. The molecule has 0 aliphatic carbocycles. The molecule has 22 heavy (non-hydrogen) atoms. The number of rotatable bonds is 1. The van der Waals surface area contributed by atoms with Crippen molar-refractivity contribution in [2.45, 2.75) is 0 Å². The summed E-state index contributed by atoms with van der Waals surface area (Å²) < 4.78 is 3.50. The molecule has 0 radical (unpaired) electrons. The fraction of sp³-hybridized carbons (Fsp3) is 0. The van der Waals surface area contributed by atoms with Crippen LogP contribution in [0.4, 0.5) is 0 Å². The number of benzene rings is 2. The standard InChI is InChI=1S/C19H12N2S/c1-2-6-13(7-3-1)14-10-11-17-20-18-15-8-4-5-9-16(15)22-19(18)21(17)12-14/h1-12H. The molecule has 0 N–H and O–H groups in total. The molecule has 0 fully saturated rings. The second kappa shape index (κ2) is 4.42. The highest BCUT2D eigenvalue weighted by molar-refractivity contribution is 7.25. The van der Waals surface area contributed by atoms with Crippen LogP contribution in [0, 0.1) is 0 Å². The number of imidazole rings is 1. The maximum atomic E-state index is 4.81. The average Bonchev–Trinajstić information content (AvgIpc) is 3.11. The third-order valence-corrected chi connectivity index (χ3v) is 5.19. The first kappa shape index (κ1) is 12.0. The normalized spacial score (nSPS) is 11.6. The van der Waals surface area contributed by atoms with Gasteiger partial charge in [0, 0.05) is 16.3 Å². The van der Waals surface area contributed by atoms with E-state index in [1.165, 1.54) is 26.0 Å². The molecule has 5 aromatic rings. The minimum absolute atomic E-state index is 1.01. The Morgan fingerprint density at radius 1 is 0.773 bits per heavy atom. The molecule has 3 heteroatoms. The van der Waals surface area contributed by atoms with Gasteiger partial charge in [-0.15, -0.1) is 11.3 Å². The van der Waals surface area contributed by atoms with Gasteiger partial charge in [-0.25, -0.2) is 4.98 Å². The molecule has 104 valence electrons. The molecule has 0 saturated carbocycles. The van der Waals surface area contributed by atoms with Crippen LogP contribution in [-0.4, -0.2) is 9.38 Å². The van der Waals surface area contributed by atoms with Gasteiger partial charge in [0.1, 0.15) is 16.0 Å². The SMILES string of the molecule is c1ccc(-c2ccc3nc4c5ccccc5sc4n3c2)cc1. The Morgan fingerprint density at radius 2 is 1.59 bits per heavy atom. The van der Waals surface area contributed by atoms with Gasteiger partial charge in [-0.2, -0.15) is 0 Å². The van der Waals surface area contributed by atoms with Gasteiger partial charge in [0.25, 0.3) is 0 Å². The first-order chi connectivity index (χ1) is 10.9. The molecular weight excluding hydrogens is 288 g/mol.